The molecule has 0 saturated heterocycles. The van der Waals surface area contributed by atoms with Crippen LogP contribution in [-0.2, 0) is 6.42 Å². The van der Waals surface area contributed by atoms with Crippen LogP contribution in [0.5, 0.6) is 5.75 Å². The molecule has 0 bridgehead atoms. The zero-order valence-corrected chi connectivity index (χ0v) is 16.7. The number of benzene rings is 3. The molecule has 1 heterocycles. The molecule has 0 radical (unpaired) electrons. The molecule has 0 amide bonds. The Morgan fingerprint density at radius 1 is 0.923 bits per heavy atom. The molecule has 130 valence electrons. The van der Waals surface area contributed by atoms with Crippen molar-refractivity contribution in [2.75, 3.05) is 0 Å². The number of hydrogen-bond donors (Lipinski definition) is 0. The minimum Gasteiger partial charge on any atom is -0.464 e. The van der Waals surface area contributed by atoms with Gasteiger partial charge in [-0.1, -0.05) is 69.5 Å². The van der Waals surface area contributed by atoms with Gasteiger partial charge in [-0.15, -0.1) is 0 Å². The number of nitrogens with zero attached hydrogens (tertiary/aromatic N) is 1. The molecule has 3 aromatic rings. The van der Waals surface area contributed by atoms with Crippen LogP contribution in [0.15, 0.2) is 76.2 Å². The van der Waals surface area contributed by atoms with E-state index in [-0.39, 0.29) is 0 Å². The first kappa shape index (κ1) is 17.6. The first-order chi connectivity index (χ1) is 12.6. The van der Waals surface area contributed by atoms with Crippen LogP contribution in [-0.4, -0.2) is 5.71 Å². The van der Waals surface area contributed by atoms with E-state index in [1.165, 1.54) is 0 Å². The summed E-state index contributed by atoms with van der Waals surface area (Å²) in [5, 5.41) is 1.34. The van der Waals surface area contributed by atoms with Gasteiger partial charge in [0.2, 0.25) is 6.23 Å². The molecule has 5 heteroatoms. The molecule has 4 rings (SSSR count). The van der Waals surface area contributed by atoms with E-state index in [1.54, 1.807) is 0 Å². The predicted molar refractivity (Wildman–Crippen MR) is 111 cm³/mol. The summed E-state index contributed by atoms with van der Waals surface area (Å²) in [7, 11) is 0. The fourth-order valence-electron chi connectivity index (χ4n) is 2.95. The van der Waals surface area contributed by atoms with Crippen LogP contribution in [0.2, 0.25) is 10.0 Å². The summed E-state index contributed by atoms with van der Waals surface area (Å²) in [5.74, 6) is 0.745. The third-order valence-corrected chi connectivity index (χ3v) is 5.46. The minimum absolute atomic E-state index is 0.393. The third kappa shape index (κ3) is 3.66. The van der Waals surface area contributed by atoms with E-state index >= 15 is 0 Å². The van der Waals surface area contributed by atoms with Crippen molar-refractivity contribution in [3.8, 4) is 5.75 Å². The van der Waals surface area contributed by atoms with Gasteiger partial charge in [0.15, 0.2) is 0 Å². The number of rotatable bonds is 3. The first-order valence-electron chi connectivity index (χ1n) is 8.12. The Kier molecular flexibility index (Phi) is 5.03. The van der Waals surface area contributed by atoms with E-state index in [0.29, 0.717) is 16.5 Å². The molecule has 3 aromatic carbocycles. The number of aliphatic imine (C=N–C) groups is 1. The Morgan fingerprint density at radius 3 is 2.46 bits per heavy atom. The summed E-state index contributed by atoms with van der Waals surface area (Å²) < 4.78 is 7.11. The van der Waals surface area contributed by atoms with Crippen molar-refractivity contribution in [1.82, 2.24) is 0 Å². The van der Waals surface area contributed by atoms with Crippen molar-refractivity contribution in [3.63, 3.8) is 0 Å². The third-order valence-electron chi connectivity index (χ3n) is 4.22. The van der Waals surface area contributed by atoms with Gasteiger partial charge >= 0.3 is 0 Å². The van der Waals surface area contributed by atoms with E-state index < -0.39 is 6.23 Å². The van der Waals surface area contributed by atoms with Crippen LogP contribution in [0.1, 0.15) is 22.9 Å². The Bertz CT molecular complexity index is 989. The van der Waals surface area contributed by atoms with E-state index in [2.05, 4.69) is 15.9 Å². The van der Waals surface area contributed by atoms with Gasteiger partial charge in [-0.25, -0.2) is 4.99 Å². The highest BCUT2D eigenvalue weighted by atomic mass is 79.9. The molecular weight excluding hydrogens is 433 g/mol. The smallest absolute Gasteiger partial charge is 0.216 e. The Hall–Kier alpha value is -1.81. The average molecular weight is 447 g/mol. The van der Waals surface area contributed by atoms with Gasteiger partial charge in [-0.3, -0.25) is 0 Å². The Morgan fingerprint density at radius 2 is 1.65 bits per heavy atom. The Balaban J connectivity index is 1.78. The minimum atomic E-state index is -0.393. The molecule has 1 aliphatic heterocycles. The van der Waals surface area contributed by atoms with Gasteiger partial charge in [-0.05, 0) is 42.0 Å². The lowest BCUT2D eigenvalue weighted by Crippen LogP contribution is -2.19. The highest BCUT2D eigenvalue weighted by molar-refractivity contribution is 9.10. The highest BCUT2D eigenvalue weighted by Crippen LogP contribution is 2.35. The first-order valence-corrected chi connectivity index (χ1v) is 9.67. The van der Waals surface area contributed by atoms with Crippen LogP contribution < -0.4 is 4.74 Å². The average Bonchev–Trinajstić information content (AvgIpc) is 2.65. The van der Waals surface area contributed by atoms with Gasteiger partial charge < -0.3 is 4.74 Å². The summed E-state index contributed by atoms with van der Waals surface area (Å²) >= 11 is 16.0. The van der Waals surface area contributed by atoms with Gasteiger partial charge in [0.05, 0.1) is 5.71 Å². The van der Waals surface area contributed by atoms with E-state index in [0.717, 1.165) is 32.6 Å². The number of hydrogen-bond acceptors (Lipinski definition) is 2. The van der Waals surface area contributed by atoms with Crippen molar-refractivity contribution in [1.29, 1.82) is 0 Å². The maximum Gasteiger partial charge on any atom is 0.216 e. The number of ether oxygens (including phenoxy) is 1. The van der Waals surface area contributed by atoms with Crippen LogP contribution in [0.3, 0.4) is 0 Å². The van der Waals surface area contributed by atoms with Crippen molar-refractivity contribution >= 4 is 44.8 Å². The summed E-state index contributed by atoms with van der Waals surface area (Å²) in [6.07, 6.45) is 0.248. The molecule has 1 atom stereocenters. The molecule has 2 nitrogen and oxygen atoms in total. The zero-order valence-electron chi connectivity index (χ0n) is 13.6. The van der Waals surface area contributed by atoms with E-state index in [4.69, 9.17) is 32.9 Å². The lowest BCUT2D eigenvalue weighted by atomic mass is 9.99. The fraction of sp³-hybridized carbons (Fsp3) is 0.0952. The molecular formula is C21H14BrCl2NO. The van der Waals surface area contributed by atoms with Crippen molar-refractivity contribution in [2.24, 2.45) is 4.99 Å². The standard InChI is InChI=1S/C21H14BrCl2NO/c22-18-9-7-15(23)10-14(18)11-19-17-8-6-16(24)12-20(17)26-21(25-19)13-4-2-1-3-5-13/h1-10,12,21H,11H2. The molecule has 0 aromatic heterocycles. The molecule has 26 heavy (non-hydrogen) atoms. The molecule has 0 aliphatic carbocycles. The predicted octanol–water partition coefficient (Wildman–Crippen LogP) is 6.88. The van der Waals surface area contributed by atoms with Gasteiger partial charge in [0, 0.05) is 32.1 Å². The summed E-state index contributed by atoms with van der Waals surface area (Å²) in [6, 6.07) is 21.4. The monoisotopic (exact) mass is 445 g/mol. The zero-order chi connectivity index (χ0) is 18.1. The van der Waals surface area contributed by atoms with Gasteiger partial charge in [0.25, 0.3) is 0 Å². The molecule has 0 spiro atoms. The largest absolute Gasteiger partial charge is 0.464 e. The normalized spacial score (nSPS) is 15.8. The van der Waals surface area contributed by atoms with E-state index in [1.807, 2.05) is 66.7 Å². The lowest BCUT2D eigenvalue weighted by Gasteiger charge is -2.25. The second-order valence-corrected chi connectivity index (χ2v) is 7.74. The van der Waals surface area contributed by atoms with Gasteiger partial charge in [0.1, 0.15) is 5.75 Å². The fourth-order valence-corrected chi connectivity index (χ4v) is 3.69. The summed E-state index contributed by atoms with van der Waals surface area (Å²) in [4.78, 5) is 4.88. The maximum atomic E-state index is 6.18. The van der Waals surface area contributed by atoms with Crippen LogP contribution in [0.25, 0.3) is 0 Å². The highest BCUT2D eigenvalue weighted by Gasteiger charge is 2.24. The molecule has 0 N–H and O–H groups in total. The maximum absolute atomic E-state index is 6.18. The molecule has 1 aliphatic rings. The molecule has 1 unspecified atom stereocenters. The molecule has 0 saturated carbocycles. The van der Waals surface area contributed by atoms with Crippen molar-refractivity contribution < 1.29 is 4.74 Å². The van der Waals surface area contributed by atoms with Crippen LogP contribution in [0, 0.1) is 0 Å². The second-order valence-electron chi connectivity index (χ2n) is 6.01. The van der Waals surface area contributed by atoms with E-state index in [9.17, 15) is 0 Å². The van der Waals surface area contributed by atoms with Crippen LogP contribution in [0.4, 0.5) is 0 Å². The number of fused-ring (bicyclic) bond motifs is 1. The summed E-state index contributed by atoms with van der Waals surface area (Å²) in [5.41, 5.74) is 3.97. The van der Waals surface area contributed by atoms with Gasteiger partial charge in [-0.2, -0.15) is 0 Å². The summed E-state index contributed by atoms with van der Waals surface area (Å²) in [6.45, 7) is 0. The van der Waals surface area contributed by atoms with Crippen molar-refractivity contribution in [2.45, 2.75) is 12.6 Å². The van der Waals surface area contributed by atoms with Crippen molar-refractivity contribution in [3.05, 3.63) is 97.9 Å². The topological polar surface area (TPSA) is 21.6 Å². The second kappa shape index (κ2) is 7.43. The quantitative estimate of drug-likeness (QED) is 0.429. The Labute approximate surface area is 170 Å². The lowest BCUT2D eigenvalue weighted by molar-refractivity contribution is 0.210. The van der Waals surface area contributed by atoms with Crippen LogP contribution >= 0.6 is 39.1 Å². The SMILES string of the molecule is Clc1ccc(Br)c(CC2=NC(c3ccccc3)Oc3cc(Cl)ccc32)c1. The molecule has 0 fully saturated rings. The number of halogens is 3.